The Morgan fingerprint density at radius 3 is 2.60 bits per heavy atom. The average Bonchev–Trinajstić information content (AvgIpc) is 2.59. The number of hydrogen-bond acceptors (Lipinski definition) is 2. The van der Waals surface area contributed by atoms with Crippen LogP contribution in [0.3, 0.4) is 0 Å². The summed E-state index contributed by atoms with van der Waals surface area (Å²) in [5.74, 6) is -0.428. The number of aryl methyl sites for hydroxylation is 1. The predicted molar refractivity (Wildman–Crippen MR) is 106 cm³/mol. The van der Waals surface area contributed by atoms with E-state index >= 15 is 0 Å². The van der Waals surface area contributed by atoms with Crippen LogP contribution in [0.2, 0.25) is 5.02 Å². The van der Waals surface area contributed by atoms with E-state index < -0.39 is 5.82 Å². The molecule has 1 aliphatic rings. The molecule has 0 unspecified atom stereocenters. The van der Waals surface area contributed by atoms with E-state index in [1.54, 1.807) is 12.1 Å². The summed E-state index contributed by atoms with van der Waals surface area (Å²) in [5.41, 5.74) is 3.34. The van der Waals surface area contributed by atoms with Gasteiger partial charge in [0.05, 0.1) is 5.02 Å². The molecule has 1 aliphatic heterocycles. The largest absolute Gasteiger partial charge is 0.346 e. The quantitative estimate of drug-likeness (QED) is 0.803. The minimum atomic E-state index is -0.428. The second-order valence-corrected chi connectivity index (χ2v) is 7.11. The Hall–Kier alpha value is -1.69. The van der Waals surface area contributed by atoms with Gasteiger partial charge in [0.25, 0.3) is 0 Å². The van der Waals surface area contributed by atoms with Crippen LogP contribution in [0.1, 0.15) is 11.1 Å². The average molecular weight is 378 g/mol. The number of nitrogens with zero attached hydrogens (tertiary/aromatic N) is 2. The topological polar surface area (TPSA) is 18.5 Å². The second-order valence-electron chi connectivity index (χ2n) is 6.31. The first-order valence-electron chi connectivity index (χ1n) is 8.30. The van der Waals surface area contributed by atoms with Crippen LogP contribution in [-0.2, 0) is 6.54 Å². The fraction of sp³-hybridized carbons (Fsp3) is 0.316. The zero-order valence-corrected chi connectivity index (χ0v) is 15.7. The molecule has 0 aliphatic carbocycles. The van der Waals surface area contributed by atoms with Crippen molar-refractivity contribution in [1.29, 1.82) is 0 Å². The molecule has 0 aromatic heterocycles. The molecule has 1 N–H and O–H groups in total. The lowest BCUT2D eigenvalue weighted by molar-refractivity contribution is 0.177. The number of benzene rings is 2. The van der Waals surface area contributed by atoms with E-state index in [1.165, 1.54) is 17.2 Å². The van der Waals surface area contributed by atoms with Crippen molar-refractivity contribution in [2.45, 2.75) is 13.5 Å². The molecule has 3 nitrogen and oxygen atoms in total. The molecule has 0 saturated carbocycles. The molecule has 25 heavy (non-hydrogen) atoms. The Balaban J connectivity index is 1.51. The maximum Gasteiger partial charge on any atom is 0.173 e. The van der Waals surface area contributed by atoms with Crippen molar-refractivity contribution in [2.75, 3.05) is 31.5 Å². The first-order valence-corrected chi connectivity index (χ1v) is 9.09. The van der Waals surface area contributed by atoms with E-state index in [2.05, 4.69) is 46.3 Å². The highest BCUT2D eigenvalue weighted by atomic mass is 35.5. The van der Waals surface area contributed by atoms with Gasteiger partial charge in [0.1, 0.15) is 5.82 Å². The van der Waals surface area contributed by atoms with Crippen molar-refractivity contribution in [2.24, 2.45) is 0 Å². The Labute approximate surface area is 158 Å². The van der Waals surface area contributed by atoms with Gasteiger partial charge >= 0.3 is 0 Å². The number of nitrogens with one attached hydrogen (secondary N) is 1. The van der Waals surface area contributed by atoms with Crippen molar-refractivity contribution < 1.29 is 4.39 Å². The van der Waals surface area contributed by atoms with Gasteiger partial charge in [-0.05, 0) is 42.9 Å². The minimum Gasteiger partial charge on any atom is -0.346 e. The molecule has 3 rings (SSSR count). The Morgan fingerprint density at radius 1 is 1.16 bits per heavy atom. The Morgan fingerprint density at radius 2 is 1.92 bits per heavy atom. The van der Waals surface area contributed by atoms with Gasteiger partial charge in [0, 0.05) is 38.4 Å². The van der Waals surface area contributed by atoms with Crippen molar-refractivity contribution in [3.05, 3.63) is 64.4 Å². The molecule has 1 saturated heterocycles. The van der Waals surface area contributed by atoms with E-state index in [1.807, 2.05) is 0 Å². The molecule has 2 aromatic carbocycles. The van der Waals surface area contributed by atoms with E-state index in [-0.39, 0.29) is 5.02 Å². The normalized spacial score (nSPS) is 15.2. The molecule has 0 atom stereocenters. The van der Waals surface area contributed by atoms with Gasteiger partial charge in [0.2, 0.25) is 0 Å². The van der Waals surface area contributed by atoms with Gasteiger partial charge in [-0.3, -0.25) is 4.90 Å². The van der Waals surface area contributed by atoms with Gasteiger partial charge in [-0.15, -0.1) is 0 Å². The van der Waals surface area contributed by atoms with Crippen LogP contribution in [0.25, 0.3) is 0 Å². The molecule has 1 heterocycles. The van der Waals surface area contributed by atoms with Crippen LogP contribution >= 0.6 is 23.8 Å². The molecule has 0 radical (unpaired) electrons. The minimum absolute atomic E-state index is 0.0933. The van der Waals surface area contributed by atoms with Gasteiger partial charge in [-0.25, -0.2) is 4.39 Å². The summed E-state index contributed by atoms with van der Waals surface area (Å²) >= 11 is 11.3. The van der Waals surface area contributed by atoms with Gasteiger partial charge < -0.3 is 10.2 Å². The predicted octanol–water partition coefficient (Wildman–Crippen LogP) is 4.30. The standard InChI is InChI=1S/C19H21ClFN3S/c1-14-3-2-4-15(11-14)13-23-7-9-24(10-8-23)19(25)22-16-5-6-18(21)17(20)12-16/h2-6,11-12H,7-10,13H2,1H3,(H,22,25). The summed E-state index contributed by atoms with van der Waals surface area (Å²) in [6, 6.07) is 13.2. The first kappa shape index (κ1) is 18.1. The van der Waals surface area contributed by atoms with Crippen molar-refractivity contribution in [1.82, 2.24) is 9.80 Å². The number of halogens is 2. The lowest BCUT2D eigenvalue weighted by Crippen LogP contribution is -2.49. The van der Waals surface area contributed by atoms with Gasteiger partial charge in [-0.2, -0.15) is 0 Å². The molecule has 2 aromatic rings. The highest BCUT2D eigenvalue weighted by molar-refractivity contribution is 7.80. The van der Waals surface area contributed by atoms with Gasteiger partial charge in [-0.1, -0.05) is 41.4 Å². The van der Waals surface area contributed by atoms with Crippen molar-refractivity contribution in [3.8, 4) is 0 Å². The fourth-order valence-corrected chi connectivity index (χ4v) is 3.44. The molecule has 0 bridgehead atoms. The third-order valence-corrected chi connectivity index (χ3v) is 4.97. The van der Waals surface area contributed by atoms with Crippen LogP contribution in [0.5, 0.6) is 0 Å². The summed E-state index contributed by atoms with van der Waals surface area (Å²) in [6.07, 6.45) is 0. The smallest absolute Gasteiger partial charge is 0.173 e. The molecule has 6 heteroatoms. The highest BCUT2D eigenvalue weighted by Gasteiger charge is 2.19. The second kappa shape index (κ2) is 8.13. The van der Waals surface area contributed by atoms with E-state index in [0.717, 1.165) is 32.7 Å². The Kier molecular flexibility index (Phi) is 5.89. The summed E-state index contributed by atoms with van der Waals surface area (Å²) in [7, 11) is 0. The molecule has 0 amide bonds. The fourth-order valence-electron chi connectivity index (χ4n) is 2.95. The lowest BCUT2D eigenvalue weighted by Gasteiger charge is -2.36. The van der Waals surface area contributed by atoms with E-state index in [4.69, 9.17) is 23.8 Å². The molecule has 132 valence electrons. The summed E-state index contributed by atoms with van der Waals surface area (Å²) in [6.45, 7) is 6.73. The SMILES string of the molecule is Cc1cccc(CN2CCN(C(=S)Nc3ccc(F)c(Cl)c3)CC2)c1. The summed E-state index contributed by atoms with van der Waals surface area (Å²) in [4.78, 5) is 4.57. The molecule has 0 spiro atoms. The third-order valence-electron chi connectivity index (χ3n) is 4.32. The maximum absolute atomic E-state index is 13.2. The van der Waals surface area contributed by atoms with E-state index in [9.17, 15) is 4.39 Å². The van der Waals surface area contributed by atoms with Crippen LogP contribution < -0.4 is 5.32 Å². The molecular formula is C19H21ClFN3S. The van der Waals surface area contributed by atoms with Crippen molar-refractivity contribution >= 4 is 34.6 Å². The molecular weight excluding hydrogens is 357 g/mol. The zero-order chi connectivity index (χ0) is 17.8. The number of hydrogen-bond donors (Lipinski definition) is 1. The number of rotatable bonds is 3. The van der Waals surface area contributed by atoms with E-state index in [0.29, 0.717) is 10.8 Å². The number of thiocarbonyl (C=S) groups is 1. The summed E-state index contributed by atoms with van der Waals surface area (Å²) < 4.78 is 13.2. The maximum atomic E-state index is 13.2. The van der Waals surface area contributed by atoms with Crippen molar-refractivity contribution in [3.63, 3.8) is 0 Å². The van der Waals surface area contributed by atoms with Crippen LogP contribution in [0, 0.1) is 12.7 Å². The van der Waals surface area contributed by atoms with Crippen LogP contribution in [-0.4, -0.2) is 41.1 Å². The first-order chi connectivity index (χ1) is 12.0. The van der Waals surface area contributed by atoms with Gasteiger partial charge in [0.15, 0.2) is 5.11 Å². The lowest BCUT2D eigenvalue weighted by atomic mass is 10.1. The Bertz CT molecular complexity index is 760. The zero-order valence-electron chi connectivity index (χ0n) is 14.1. The monoisotopic (exact) mass is 377 g/mol. The third kappa shape index (κ3) is 4.91. The molecule has 1 fully saturated rings. The number of anilines is 1. The summed E-state index contributed by atoms with van der Waals surface area (Å²) in [5, 5.41) is 3.88. The van der Waals surface area contributed by atoms with Crippen LogP contribution in [0.15, 0.2) is 42.5 Å². The number of piperazine rings is 1. The van der Waals surface area contributed by atoms with Crippen LogP contribution in [0.4, 0.5) is 10.1 Å². The highest BCUT2D eigenvalue weighted by Crippen LogP contribution is 2.20.